The summed E-state index contributed by atoms with van der Waals surface area (Å²) in [5.74, 6) is -0.901. The Bertz CT molecular complexity index is 464. The third-order valence-corrected chi connectivity index (χ3v) is 2.49. The van der Waals surface area contributed by atoms with Gasteiger partial charge < -0.3 is 15.3 Å². The van der Waals surface area contributed by atoms with Crippen molar-refractivity contribution in [2.45, 2.75) is 12.5 Å². The number of nitrogens with one attached hydrogen (secondary N) is 1. The number of likely N-dealkylation sites (N-methyl/N-ethyl adjacent to an activating group) is 1. The maximum atomic E-state index is 13.4. The van der Waals surface area contributed by atoms with Gasteiger partial charge in [0.15, 0.2) is 0 Å². The molecule has 0 saturated carbocycles. The molecule has 0 bridgehead atoms. The lowest BCUT2D eigenvalue weighted by atomic mass is 10.1. The van der Waals surface area contributed by atoms with Gasteiger partial charge in [-0.1, -0.05) is 6.07 Å². The van der Waals surface area contributed by atoms with Gasteiger partial charge in [0, 0.05) is 13.1 Å². The lowest BCUT2D eigenvalue weighted by molar-refractivity contribution is -0.386. The van der Waals surface area contributed by atoms with Gasteiger partial charge in [0.2, 0.25) is 5.82 Å². The van der Waals surface area contributed by atoms with Gasteiger partial charge in [-0.25, -0.2) is 0 Å². The number of anilines is 1. The van der Waals surface area contributed by atoms with Gasteiger partial charge in [0.1, 0.15) is 5.69 Å². The van der Waals surface area contributed by atoms with E-state index in [1.54, 1.807) is 25.9 Å². The van der Waals surface area contributed by atoms with Crippen LogP contribution in [0.25, 0.3) is 0 Å². The molecule has 1 aromatic carbocycles. The SMILES string of the molecule is CN(C)CC(C)(O)CNc1cccc(F)c1[N+](=O)[O-]. The number of hydrogen-bond donors (Lipinski definition) is 2. The lowest BCUT2D eigenvalue weighted by Crippen LogP contribution is -2.43. The van der Waals surface area contributed by atoms with E-state index in [-0.39, 0.29) is 12.2 Å². The van der Waals surface area contributed by atoms with E-state index in [1.165, 1.54) is 12.1 Å². The molecule has 0 amide bonds. The van der Waals surface area contributed by atoms with Gasteiger partial charge in [-0.05, 0) is 33.2 Å². The Labute approximate surface area is 111 Å². The van der Waals surface area contributed by atoms with Crippen molar-refractivity contribution in [2.75, 3.05) is 32.5 Å². The van der Waals surface area contributed by atoms with Gasteiger partial charge >= 0.3 is 5.69 Å². The predicted octanol–water partition coefficient (Wildman–Crippen LogP) is 1.46. The second-order valence-corrected chi connectivity index (χ2v) is 4.98. The highest BCUT2D eigenvalue weighted by Crippen LogP contribution is 2.27. The number of para-hydroxylation sites is 1. The maximum Gasteiger partial charge on any atom is 0.327 e. The fraction of sp³-hybridized carbons (Fsp3) is 0.500. The molecule has 1 atom stereocenters. The van der Waals surface area contributed by atoms with Crippen LogP contribution in [0, 0.1) is 15.9 Å². The van der Waals surface area contributed by atoms with Crippen LogP contribution >= 0.6 is 0 Å². The number of nitro groups is 1. The van der Waals surface area contributed by atoms with Crippen LogP contribution in [-0.4, -0.2) is 47.7 Å². The summed E-state index contributed by atoms with van der Waals surface area (Å²) in [5, 5.41) is 23.6. The molecule has 0 aliphatic rings. The van der Waals surface area contributed by atoms with Crippen molar-refractivity contribution in [3.63, 3.8) is 0 Å². The fourth-order valence-corrected chi connectivity index (χ4v) is 1.87. The van der Waals surface area contributed by atoms with E-state index in [4.69, 9.17) is 0 Å². The van der Waals surface area contributed by atoms with Crippen molar-refractivity contribution < 1.29 is 14.4 Å². The summed E-state index contributed by atoms with van der Waals surface area (Å²) in [6.07, 6.45) is 0. The van der Waals surface area contributed by atoms with Crippen molar-refractivity contribution in [1.29, 1.82) is 0 Å². The summed E-state index contributed by atoms with van der Waals surface area (Å²) in [5.41, 5.74) is -1.63. The quantitative estimate of drug-likeness (QED) is 0.605. The normalized spacial score (nSPS) is 14.2. The van der Waals surface area contributed by atoms with E-state index in [1.807, 2.05) is 0 Å². The van der Waals surface area contributed by atoms with Crippen LogP contribution in [-0.2, 0) is 0 Å². The van der Waals surface area contributed by atoms with Crippen molar-refractivity contribution >= 4 is 11.4 Å². The van der Waals surface area contributed by atoms with Gasteiger partial charge in [-0.3, -0.25) is 10.1 Å². The molecule has 6 nitrogen and oxygen atoms in total. The zero-order valence-corrected chi connectivity index (χ0v) is 11.2. The lowest BCUT2D eigenvalue weighted by Gasteiger charge is -2.27. The highest BCUT2D eigenvalue weighted by Gasteiger charge is 2.24. The Morgan fingerprint density at radius 2 is 2.16 bits per heavy atom. The van der Waals surface area contributed by atoms with Crippen molar-refractivity contribution in [2.24, 2.45) is 0 Å². The van der Waals surface area contributed by atoms with Gasteiger partial charge in [0.25, 0.3) is 0 Å². The van der Waals surface area contributed by atoms with E-state index in [0.717, 1.165) is 6.07 Å². The molecule has 106 valence electrons. The second-order valence-electron chi connectivity index (χ2n) is 4.98. The van der Waals surface area contributed by atoms with E-state index in [2.05, 4.69) is 5.32 Å². The standard InChI is InChI=1S/C12H18FN3O3/c1-12(17,8-15(2)3)7-14-10-6-4-5-9(13)11(10)16(18)19/h4-6,14,17H,7-8H2,1-3H3. The van der Waals surface area contributed by atoms with Crippen molar-refractivity contribution in [3.8, 4) is 0 Å². The predicted molar refractivity (Wildman–Crippen MR) is 70.7 cm³/mol. The molecule has 0 aliphatic carbocycles. The molecule has 1 rings (SSSR count). The highest BCUT2D eigenvalue weighted by molar-refractivity contribution is 5.62. The maximum absolute atomic E-state index is 13.4. The fourth-order valence-electron chi connectivity index (χ4n) is 1.87. The first kappa shape index (κ1) is 15.3. The molecule has 0 fully saturated rings. The third-order valence-electron chi connectivity index (χ3n) is 2.49. The van der Waals surface area contributed by atoms with Crippen LogP contribution in [0.3, 0.4) is 0 Å². The average Bonchev–Trinajstić information content (AvgIpc) is 2.24. The third kappa shape index (κ3) is 4.46. The molecule has 0 aliphatic heterocycles. The molecule has 0 spiro atoms. The molecular formula is C12H18FN3O3. The summed E-state index contributed by atoms with van der Waals surface area (Å²) in [4.78, 5) is 11.8. The van der Waals surface area contributed by atoms with E-state index in [0.29, 0.717) is 6.54 Å². The van der Waals surface area contributed by atoms with Crippen LogP contribution in [0.15, 0.2) is 18.2 Å². The second kappa shape index (κ2) is 5.94. The van der Waals surface area contributed by atoms with Crippen molar-refractivity contribution in [1.82, 2.24) is 4.90 Å². The number of hydrogen-bond acceptors (Lipinski definition) is 5. The first-order valence-corrected chi connectivity index (χ1v) is 5.77. The molecule has 19 heavy (non-hydrogen) atoms. The van der Waals surface area contributed by atoms with Gasteiger partial charge in [-0.15, -0.1) is 0 Å². The van der Waals surface area contributed by atoms with Crippen LogP contribution in [0.2, 0.25) is 0 Å². The monoisotopic (exact) mass is 271 g/mol. The molecule has 1 unspecified atom stereocenters. The van der Waals surface area contributed by atoms with Crippen molar-refractivity contribution in [3.05, 3.63) is 34.1 Å². The Balaban J connectivity index is 2.84. The number of aliphatic hydroxyl groups is 1. The van der Waals surface area contributed by atoms with E-state index < -0.39 is 22.0 Å². The largest absolute Gasteiger partial charge is 0.387 e. The molecule has 0 heterocycles. The van der Waals surface area contributed by atoms with Gasteiger partial charge in [0.05, 0.1) is 10.5 Å². The molecule has 0 aromatic heterocycles. The van der Waals surface area contributed by atoms with Crippen LogP contribution in [0.4, 0.5) is 15.8 Å². The van der Waals surface area contributed by atoms with E-state index in [9.17, 15) is 19.6 Å². The zero-order valence-electron chi connectivity index (χ0n) is 11.2. The number of nitro benzene ring substituents is 1. The molecule has 2 N–H and O–H groups in total. The smallest absolute Gasteiger partial charge is 0.327 e. The average molecular weight is 271 g/mol. The first-order valence-electron chi connectivity index (χ1n) is 5.77. The summed E-state index contributed by atoms with van der Waals surface area (Å²) in [7, 11) is 3.61. The minimum atomic E-state index is -1.08. The Kier molecular flexibility index (Phi) is 4.79. The molecule has 1 aromatic rings. The minimum absolute atomic E-state index is 0.0593. The minimum Gasteiger partial charge on any atom is -0.387 e. The van der Waals surface area contributed by atoms with Gasteiger partial charge in [-0.2, -0.15) is 4.39 Å². The first-order chi connectivity index (χ1) is 8.73. The number of rotatable bonds is 6. The summed E-state index contributed by atoms with van der Waals surface area (Å²) in [6, 6.07) is 3.82. The summed E-state index contributed by atoms with van der Waals surface area (Å²) in [6.45, 7) is 2.06. The van der Waals surface area contributed by atoms with E-state index >= 15 is 0 Å². The Morgan fingerprint density at radius 3 is 2.68 bits per heavy atom. The number of halogens is 1. The molecule has 0 radical (unpaired) electrons. The Morgan fingerprint density at radius 1 is 1.53 bits per heavy atom. The summed E-state index contributed by atoms with van der Waals surface area (Å²) < 4.78 is 13.4. The highest BCUT2D eigenvalue weighted by atomic mass is 19.1. The topological polar surface area (TPSA) is 78.6 Å². The molecule has 7 heteroatoms. The Hall–Kier alpha value is -1.73. The number of nitrogens with zero attached hydrogens (tertiary/aromatic N) is 2. The number of benzene rings is 1. The van der Waals surface area contributed by atoms with Crippen LogP contribution < -0.4 is 5.32 Å². The zero-order chi connectivity index (χ0) is 14.6. The summed E-state index contributed by atoms with van der Waals surface area (Å²) >= 11 is 0. The molecular weight excluding hydrogens is 253 g/mol. The molecule has 0 saturated heterocycles. The van der Waals surface area contributed by atoms with Crippen LogP contribution in [0.1, 0.15) is 6.92 Å². The van der Waals surface area contributed by atoms with Crippen LogP contribution in [0.5, 0.6) is 0 Å².